The van der Waals surface area contributed by atoms with Gasteiger partial charge in [0.05, 0.1) is 26.6 Å². The second-order valence-corrected chi connectivity index (χ2v) is 12.9. The third kappa shape index (κ3) is 4.71. The van der Waals surface area contributed by atoms with E-state index in [9.17, 15) is 19.2 Å². The second-order valence-electron chi connectivity index (χ2n) is 12.9. The number of carbonyl (C=O) groups excluding carboxylic acids is 4. The molecule has 4 aliphatic rings. The van der Waals surface area contributed by atoms with Crippen molar-refractivity contribution in [1.82, 2.24) is 0 Å². The van der Waals surface area contributed by atoms with E-state index in [1.54, 1.807) is 0 Å². The molecule has 216 valence electrons. The number of carbonyl (C=O) groups is 4. The molecule has 0 bridgehead atoms. The first-order valence-electron chi connectivity index (χ1n) is 14.1. The van der Waals surface area contributed by atoms with E-state index in [0.29, 0.717) is 19.4 Å². The summed E-state index contributed by atoms with van der Waals surface area (Å²) in [5.74, 6) is -1.24. The van der Waals surface area contributed by atoms with E-state index in [0.717, 1.165) is 24.8 Å². The number of cyclic esters (lactones) is 1. The van der Waals surface area contributed by atoms with E-state index in [2.05, 4.69) is 33.4 Å². The molecule has 0 aromatic carbocycles. The maximum absolute atomic E-state index is 12.6. The van der Waals surface area contributed by atoms with Gasteiger partial charge in [-0.25, -0.2) is 0 Å². The highest BCUT2D eigenvalue weighted by molar-refractivity contribution is 5.72. The summed E-state index contributed by atoms with van der Waals surface area (Å²) in [4.78, 5) is 49.5. The lowest BCUT2D eigenvalue weighted by molar-refractivity contribution is -0.207. The molecule has 8 heteroatoms. The van der Waals surface area contributed by atoms with Gasteiger partial charge in [0.15, 0.2) is 0 Å². The molecule has 0 aromatic rings. The minimum Gasteiger partial charge on any atom is -0.469 e. The van der Waals surface area contributed by atoms with Crippen LogP contribution in [0.4, 0.5) is 0 Å². The van der Waals surface area contributed by atoms with E-state index in [-0.39, 0.29) is 47.4 Å². The first kappa shape index (κ1) is 29.3. The smallest absolute Gasteiger partial charge is 0.309 e. The highest BCUT2D eigenvalue weighted by Crippen LogP contribution is 2.71. The van der Waals surface area contributed by atoms with Crippen molar-refractivity contribution >= 4 is 23.9 Å². The van der Waals surface area contributed by atoms with Crippen LogP contribution in [-0.4, -0.2) is 49.8 Å². The third-order valence-corrected chi connectivity index (χ3v) is 10.8. The van der Waals surface area contributed by atoms with Crippen molar-refractivity contribution in [2.24, 2.45) is 39.9 Å². The maximum Gasteiger partial charge on any atom is 0.309 e. The van der Waals surface area contributed by atoms with E-state index in [1.807, 2.05) is 6.92 Å². The average molecular weight is 545 g/mol. The van der Waals surface area contributed by atoms with Crippen LogP contribution in [0.3, 0.4) is 0 Å². The van der Waals surface area contributed by atoms with E-state index in [1.165, 1.54) is 26.5 Å². The Morgan fingerprint density at radius 3 is 2.38 bits per heavy atom. The maximum atomic E-state index is 12.6. The number of rotatable bonds is 7. The molecule has 0 aromatic heterocycles. The zero-order valence-electron chi connectivity index (χ0n) is 24.5. The van der Waals surface area contributed by atoms with Crippen molar-refractivity contribution < 1.29 is 38.1 Å². The third-order valence-electron chi connectivity index (χ3n) is 10.8. The lowest BCUT2D eigenvalue weighted by Crippen LogP contribution is -2.65. The molecule has 2 saturated carbocycles. The molecule has 2 unspecified atom stereocenters. The largest absolute Gasteiger partial charge is 0.469 e. The van der Waals surface area contributed by atoms with Gasteiger partial charge >= 0.3 is 23.9 Å². The highest BCUT2D eigenvalue weighted by Gasteiger charge is 2.69. The molecule has 8 nitrogen and oxygen atoms in total. The molecule has 39 heavy (non-hydrogen) atoms. The number of fused-ring (bicyclic) bond motifs is 3. The standard InChI is InChI=1S/C31H44O8/c1-17(2)22-14-25(38-18(3)32)31(7)23-10-9-21(20-13-28(35)37-16-20)29(23,5)12-11-24(31)30(22,6)26(39-19(4)33)15-27(34)36-8/h10,20-22,24-26H,1,9,11-16H2,2-8H3/t20?,21-,22-,24?,25+,26-,29-,30-,31-/m0/s1. The summed E-state index contributed by atoms with van der Waals surface area (Å²) in [6, 6.07) is 0. The summed E-state index contributed by atoms with van der Waals surface area (Å²) < 4.78 is 22.5. The van der Waals surface area contributed by atoms with E-state index >= 15 is 0 Å². The topological polar surface area (TPSA) is 105 Å². The molecule has 1 heterocycles. The number of hydrogen-bond donors (Lipinski definition) is 0. The van der Waals surface area contributed by atoms with Crippen LogP contribution in [0.5, 0.6) is 0 Å². The van der Waals surface area contributed by atoms with Gasteiger partial charge in [0.2, 0.25) is 0 Å². The second kappa shape index (κ2) is 10.4. The Morgan fingerprint density at radius 1 is 1.15 bits per heavy atom. The zero-order valence-corrected chi connectivity index (χ0v) is 24.5. The van der Waals surface area contributed by atoms with Crippen molar-refractivity contribution in [2.45, 2.75) is 92.3 Å². The Morgan fingerprint density at radius 2 is 1.85 bits per heavy atom. The predicted octanol–water partition coefficient (Wildman–Crippen LogP) is 4.95. The van der Waals surface area contributed by atoms with Gasteiger partial charge in [0.25, 0.3) is 0 Å². The van der Waals surface area contributed by atoms with E-state index in [4.69, 9.17) is 18.9 Å². The van der Waals surface area contributed by atoms with Crippen molar-refractivity contribution in [1.29, 1.82) is 0 Å². The van der Waals surface area contributed by atoms with Crippen LogP contribution in [0.15, 0.2) is 23.8 Å². The number of allylic oxidation sites excluding steroid dienone is 2. The fourth-order valence-corrected chi connectivity index (χ4v) is 9.21. The summed E-state index contributed by atoms with van der Waals surface area (Å²) in [6.07, 6.45) is 4.48. The minimum absolute atomic E-state index is 0.0678. The summed E-state index contributed by atoms with van der Waals surface area (Å²) >= 11 is 0. The van der Waals surface area contributed by atoms with Crippen LogP contribution in [0, 0.1) is 39.9 Å². The molecular formula is C31H44O8. The summed E-state index contributed by atoms with van der Waals surface area (Å²) in [5.41, 5.74) is 0.689. The van der Waals surface area contributed by atoms with Gasteiger partial charge in [-0.1, -0.05) is 44.6 Å². The van der Waals surface area contributed by atoms with Gasteiger partial charge in [0.1, 0.15) is 12.2 Å². The quantitative estimate of drug-likeness (QED) is 0.252. The molecule has 0 spiro atoms. The van der Waals surface area contributed by atoms with Crippen LogP contribution in [-0.2, 0) is 38.1 Å². The Bertz CT molecular complexity index is 1090. The van der Waals surface area contributed by atoms with Crippen LogP contribution in [0.1, 0.15) is 80.1 Å². The van der Waals surface area contributed by atoms with E-state index < -0.39 is 35.0 Å². The van der Waals surface area contributed by atoms with Crippen LogP contribution in [0.2, 0.25) is 0 Å². The summed E-state index contributed by atoms with van der Waals surface area (Å²) in [5, 5.41) is 0. The number of ether oxygens (including phenoxy) is 4. The highest BCUT2D eigenvalue weighted by atomic mass is 16.6. The van der Waals surface area contributed by atoms with Gasteiger partial charge in [-0.05, 0) is 55.8 Å². The zero-order chi connectivity index (χ0) is 28.9. The van der Waals surface area contributed by atoms with Gasteiger partial charge < -0.3 is 18.9 Å². The monoisotopic (exact) mass is 544 g/mol. The molecule has 0 radical (unpaired) electrons. The average Bonchev–Trinajstić information content (AvgIpc) is 3.42. The van der Waals surface area contributed by atoms with Crippen LogP contribution in [0.25, 0.3) is 0 Å². The van der Waals surface area contributed by atoms with Gasteiger partial charge in [-0.15, -0.1) is 0 Å². The fourth-order valence-electron chi connectivity index (χ4n) is 9.21. The Balaban J connectivity index is 1.85. The predicted molar refractivity (Wildman–Crippen MR) is 143 cm³/mol. The summed E-state index contributed by atoms with van der Waals surface area (Å²) in [7, 11) is 1.33. The lowest BCUT2D eigenvalue weighted by Gasteiger charge is -2.65. The fraction of sp³-hybridized carbons (Fsp3) is 0.742. The lowest BCUT2D eigenvalue weighted by atomic mass is 9.40. The number of methoxy groups -OCH3 is 1. The molecular weight excluding hydrogens is 500 g/mol. The van der Waals surface area contributed by atoms with Crippen molar-refractivity contribution in [3.63, 3.8) is 0 Å². The van der Waals surface area contributed by atoms with Crippen LogP contribution < -0.4 is 0 Å². The SMILES string of the molecule is C=C(C)[C@@H]1C[C@@H](OC(C)=O)[C@@]2(C)C3=CC[C@@H](C4COC(=O)C4)[C@]3(C)CCC2[C@@]1(C)[C@H](CC(=O)OC)OC(C)=O. The molecule has 3 aliphatic carbocycles. The first-order valence-corrected chi connectivity index (χ1v) is 14.1. The summed E-state index contributed by atoms with van der Waals surface area (Å²) in [6.45, 7) is 16.1. The molecule has 0 N–H and O–H groups in total. The normalized spacial score (nSPS) is 39.9. The number of hydrogen-bond acceptors (Lipinski definition) is 8. The Hall–Kier alpha value is -2.64. The molecule has 0 amide bonds. The molecule has 1 aliphatic heterocycles. The molecule has 1 saturated heterocycles. The van der Waals surface area contributed by atoms with Crippen LogP contribution >= 0.6 is 0 Å². The molecule has 3 fully saturated rings. The molecule has 9 atom stereocenters. The van der Waals surface area contributed by atoms with Crippen molar-refractivity contribution in [2.75, 3.05) is 13.7 Å². The Kier molecular flexibility index (Phi) is 7.82. The number of esters is 4. The minimum atomic E-state index is -0.741. The van der Waals surface area contributed by atoms with Gasteiger partial charge in [-0.2, -0.15) is 0 Å². The Labute approximate surface area is 231 Å². The first-order chi connectivity index (χ1) is 18.2. The van der Waals surface area contributed by atoms with Crippen molar-refractivity contribution in [3.8, 4) is 0 Å². The van der Waals surface area contributed by atoms with Gasteiger partial charge in [-0.3, -0.25) is 19.2 Å². The molecule has 4 rings (SSSR count). The van der Waals surface area contributed by atoms with Crippen molar-refractivity contribution in [3.05, 3.63) is 23.8 Å². The van der Waals surface area contributed by atoms with Gasteiger partial charge in [0, 0.05) is 30.6 Å².